The van der Waals surface area contributed by atoms with Crippen LogP contribution in [-0.2, 0) is 4.79 Å². The van der Waals surface area contributed by atoms with Gasteiger partial charge in [-0.15, -0.1) is 0 Å². The highest BCUT2D eigenvalue weighted by molar-refractivity contribution is 6.03. The molecule has 1 unspecified atom stereocenters. The van der Waals surface area contributed by atoms with Crippen LogP contribution < -0.4 is 25.2 Å². The van der Waals surface area contributed by atoms with Gasteiger partial charge in [0.1, 0.15) is 11.4 Å². The lowest BCUT2D eigenvalue weighted by Crippen LogP contribution is -2.55. The van der Waals surface area contributed by atoms with Crippen LogP contribution in [0.15, 0.2) is 24.4 Å². The lowest BCUT2D eigenvalue weighted by molar-refractivity contribution is -0.122. The van der Waals surface area contributed by atoms with Gasteiger partial charge in [0.2, 0.25) is 11.9 Å². The molecule has 1 spiro atoms. The fourth-order valence-corrected chi connectivity index (χ4v) is 7.91. The molecule has 1 aromatic carbocycles. The van der Waals surface area contributed by atoms with Crippen LogP contribution in [0.4, 0.5) is 23.1 Å². The van der Waals surface area contributed by atoms with Gasteiger partial charge in [-0.25, -0.2) is 4.98 Å². The number of piperidine rings is 2. The molecule has 224 valence electrons. The van der Waals surface area contributed by atoms with Gasteiger partial charge >= 0.3 is 0 Å². The van der Waals surface area contributed by atoms with Crippen LogP contribution in [-0.4, -0.2) is 78.6 Å². The molecule has 2 saturated carbocycles. The summed E-state index contributed by atoms with van der Waals surface area (Å²) in [5, 5.41) is 6.62. The van der Waals surface area contributed by atoms with E-state index in [2.05, 4.69) is 32.5 Å². The van der Waals surface area contributed by atoms with Crippen LogP contribution in [0.5, 0.6) is 5.75 Å². The number of benzene rings is 1. The predicted molar refractivity (Wildman–Crippen MR) is 163 cm³/mol. The van der Waals surface area contributed by atoms with Crippen molar-refractivity contribution in [2.45, 2.75) is 94.8 Å². The molecule has 10 heteroatoms. The highest BCUT2D eigenvalue weighted by Gasteiger charge is 2.55. The van der Waals surface area contributed by atoms with Crippen LogP contribution in [0.2, 0.25) is 0 Å². The molecule has 3 atom stereocenters. The zero-order valence-electron chi connectivity index (χ0n) is 25.1. The van der Waals surface area contributed by atoms with Crippen LogP contribution in [0, 0.1) is 5.41 Å². The van der Waals surface area contributed by atoms with Crippen molar-refractivity contribution in [3.05, 3.63) is 30.0 Å². The predicted octanol–water partition coefficient (Wildman–Crippen LogP) is 4.48. The van der Waals surface area contributed by atoms with E-state index in [-0.39, 0.29) is 23.3 Å². The number of carbonyl (C=O) groups is 2. The first-order valence-electron chi connectivity index (χ1n) is 15.7. The molecule has 4 heterocycles. The molecule has 10 nitrogen and oxygen atoms in total. The number of ether oxygens (including phenoxy) is 1. The molecule has 0 radical (unpaired) electrons. The van der Waals surface area contributed by atoms with E-state index in [0.29, 0.717) is 41.1 Å². The van der Waals surface area contributed by atoms with Crippen molar-refractivity contribution in [3.63, 3.8) is 0 Å². The summed E-state index contributed by atoms with van der Waals surface area (Å²) in [6.45, 7) is 0.718. The molecule has 3 aliphatic heterocycles. The zero-order chi connectivity index (χ0) is 29.0. The number of hydrogen-bond donors (Lipinski definition) is 2. The molecule has 4 fully saturated rings. The lowest BCUT2D eigenvalue weighted by atomic mass is 9.82. The molecule has 2 N–H and O–H groups in total. The van der Waals surface area contributed by atoms with E-state index in [1.54, 1.807) is 24.3 Å². The second kappa shape index (κ2) is 10.7. The zero-order valence-corrected chi connectivity index (χ0v) is 25.1. The van der Waals surface area contributed by atoms with Crippen molar-refractivity contribution in [1.29, 1.82) is 0 Å². The van der Waals surface area contributed by atoms with Crippen molar-refractivity contribution in [3.8, 4) is 5.75 Å². The Kier molecular flexibility index (Phi) is 6.99. The topological polar surface area (TPSA) is 103 Å². The Balaban J connectivity index is 1.11. The number of nitrogens with zero attached hydrogens (tertiary/aromatic N) is 5. The quantitative estimate of drug-likeness (QED) is 0.522. The summed E-state index contributed by atoms with van der Waals surface area (Å²) in [6.07, 6.45) is 14.0. The van der Waals surface area contributed by atoms with Gasteiger partial charge in [0.05, 0.1) is 24.4 Å². The first-order chi connectivity index (χ1) is 20.3. The highest BCUT2D eigenvalue weighted by Crippen LogP contribution is 2.52. The third kappa shape index (κ3) is 4.87. The van der Waals surface area contributed by atoms with Gasteiger partial charge in [-0.2, -0.15) is 4.98 Å². The van der Waals surface area contributed by atoms with E-state index in [1.165, 1.54) is 32.1 Å². The largest absolute Gasteiger partial charge is 0.495 e. The third-order valence-electron chi connectivity index (χ3n) is 10.6. The van der Waals surface area contributed by atoms with Crippen LogP contribution >= 0.6 is 0 Å². The van der Waals surface area contributed by atoms with Crippen molar-refractivity contribution in [2.75, 3.05) is 42.9 Å². The Hall–Kier alpha value is -3.40. The van der Waals surface area contributed by atoms with Crippen molar-refractivity contribution >= 4 is 35.0 Å². The van der Waals surface area contributed by atoms with Gasteiger partial charge in [-0.3, -0.25) is 9.59 Å². The van der Waals surface area contributed by atoms with E-state index < -0.39 is 0 Å². The SMILES string of the molecule is COc1cc(C(=O)NC2C[C@H]3CCC[C@@H](C2)N3C)ccc1Nc1ncc2c(n1)N(C1CCCC1)CC1(CC1)C(=O)N2C. The summed E-state index contributed by atoms with van der Waals surface area (Å²) in [7, 11) is 5.68. The molecule has 2 amide bonds. The van der Waals surface area contributed by atoms with Gasteiger partial charge in [-0.05, 0) is 76.6 Å². The number of anilines is 4. The molecule has 5 aliphatic rings. The maximum Gasteiger partial charge on any atom is 0.251 e. The molecule has 1 aromatic heterocycles. The van der Waals surface area contributed by atoms with Gasteiger partial charge < -0.3 is 30.1 Å². The minimum absolute atomic E-state index is 0.0670. The number of rotatable bonds is 6. The summed E-state index contributed by atoms with van der Waals surface area (Å²) in [5.74, 6) is 1.92. The number of carbonyl (C=O) groups excluding carboxylic acids is 2. The van der Waals surface area contributed by atoms with Gasteiger partial charge in [0.15, 0.2) is 5.82 Å². The maximum absolute atomic E-state index is 13.4. The molecule has 2 bridgehead atoms. The van der Waals surface area contributed by atoms with E-state index in [0.717, 1.165) is 56.6 Å². The van der Waals surface area contributed by atoms with Crippen LogP contribution in [0.3, 0.4) is 0 Å². The molecule has 7 rings (SSSR count). The second-order valence-corrected chi connectivity index (χ2v) is 13.2. The average molecular weight is 574 g/mol. The average Bonchev–Trinajstić information content (AvgIpc) is 3.59. The first kappa shape index (κ1) is 27.4. The first-order valence-corrected chi connectivity index (χ1v) is 15.7. The second-order valence-electron chi connectivity index (χ2n) is 13.2. The lowest BCUT2D eigenvalue weighted by Gasteiger charge is -2.47. The van der Waals surface area contributed by atoms with Crippen molar-refractivity contribution in [1.82, 2.24) is 20.2 Å². The van der Waals surface area contributed by atoms with Crippen molar-refractivity contribution < 1.29 is 14.3 Å². The molecule has 2 aromatic rings. The number of nitrogens with one attached hydrogen (secondary N) is 2. The number of hydrogen-bond acceptors (Lipinski definition) is 8. The Morgan fingerprint density at radius 2 is 1.74 bits per heavy atom. The fraction of sp³-hybridized carbons (Fsp3) is 0.625. The Labute approximate surface area is 248 Å². The van der Waals surface area contributed by atoms with Crippen LogP contribution in [0.1, 0.15) is 81.0 Å². The maximum atomic E-state index is 13.4. The number of aromatic nitrogens is 2. The molecular weight excluding hydrogens is 530 g/mol. The molecule has 2 aliphatic carbocycles. The van der Waals surface area contributed by atoms with E-state index >= 15 is 0 Å². The van der Waals surface area contributed by atoms with Crippen molar-refractivity contribution in [2.24, 2.45) is 5.41 Å². The summed E-state index contributed by atoms with van der Waals surface area (Å²) in [5.41, 5.74) is 1.73. The Morgan fingerprint density at radius 3 is 2.43 bits per heavy atom. The molecular formula is C32H43N7O3. The van der Waals surface area contributed by atoms with Gasteiger partial charge in [0.25, 0.3) is 5.91 Å². The third-order valence-corrected chi connectivity index (χ3v) is 10.6. The summed E-state index contributed by atoms with van der Waals surface area (Å²) < 4.78 is 5.71. The van der Waals surface area contributed by atoms with E-state index in [4.69, 9.17) is 9.72 Å². The minimum Gasteiger partial charge on any atom is -0.495 e. The Bertz CT molecular complexity index is 1360. The summed E-state index contributed by atoms with van der Waals surface area (Å²) in [6, 6.07) is 7.17. The summed E-state index contributed by atoms with van der Waals surface area (Å²) in [4.78, 5) is 42.9. The molecule has 42 heavy (non-hydrogen) atoms. The fourth-order valence-electron chi connectivity index (χ4n) is 7.91. The van der Waals surface area contributed by atoms with Gasteiger partial charge in [0, 0.05) is 43.3 Å². The van der Waals surface area contributed by atoms with E-state index in [1.807, 2.05) is 19.2 Å². The Morgan fingerprint density at radius 1 is 1.02 bits per heavy atom. The minimum atomic E-state index is -0.294. The van der Waals surface area contributed by atoms with E-state index in [9.17, 15) is 9.59 Å². The normalized spacial score (nSPS) is 27.0. The smallest absolute Gasteiger partial charge is 0.251 e. The number of methoxy groups -OCH3 is 1. The highest BCUT2D eigenvalue weighted by atomic mass is 16.5. The van der Waals surface area contributed by atoms with Crippen LogP contribution in [0.25, 0.3) is 0 Å². The number of amides is 2. The monoisotopic (exact) mass is 573 g/mol. The molecule has 2 saturated heterocycles. The summed E-state index contributed by atoms with van der Waals surface area (Å²) >= 11 is 0. The standard InChI is InChI=1S/C32H43N7O3/c1-37-23-9-6-10-24(37)17-21(16-23)34-29(40)20-11-12-25(27(15-20)42-3)35-31-33-18-26-28(36-31)39(22-7-4-5-8-22)19-32(13-14-32)30(41)38(26)2/h11-12,15,18,21-24H,4-10,13-14,16-17,19H2,1-3H3,(H,34,40)(H,33,35,36)/t21?,23-,24+. The van der Waals surface area contributed by atoms with Gasteiger partial charge in [-0.1, -0.05) is 19.3 Å². The number of fused-ring (bicyclic) bond motifs is 3.